The minimum absolute atomic E-state index is 0.0247. The highest BCUT2D eigenvalue weighted by atomic mass is 32.1. The van der Waals surface area contributed by atoms with Crippen molar-refractivity contribution in [2.75, 3.05) is 11.4 Å². The molecular formula is C21H18N2O3S. The van der Waals surface area contributed by atoms with Gasteiger partial charge in [0.1, 0.15) is 5.75 Å². The summed E-state index contributed by atoms with van der Waals surface area (Å²) in [6, 6.07) is 14.6. The van der Waals surface area contributed by atoms with Gasteiger partial charge in [-0.15, -0.1) is 11.3 Å². The average Bonchev–Trinajstić information content (AvgIpc) is 3.12. The number of carbonyl (C=O) groups is 2. The molecule has 0 aliphatic carbocycles. The summed E-state index contributed by atoms with van der Waals surface area (Å²) in [6.07, 6.45) is -0.631. The van der Waals surface area contributed by atoms with E-state index >= 15 is 0 Å². The zero-order valence-electron chi connectivity index (χ0n) is 15.0. The van der Waals surface area contributed by atoms with Gasteiger partial charge in [0, 0.05) is 16.5 Å². The Bertz CT molecular complexity index is 1010. The number of rotatable bonds is 4. The summed E-state index contributed by atoms with van der Waals surface area (Å²) in [5.41, 5.74) is 2.92. The normalized spacial score (nSPS) is 16.0. The molecule has 2 heterocycles. The van der Waals surface area contributed by atoms with Crippen LogP contribution in [0.5, 0.6) is 5.75 Å². The Morgan fingerprint density at radius 3 is 2.70 bits per heavy atom. The molecule has 2 aromatic carbocycles. The van der Waals surface area contributed by atoms with Crippen LogP contribution in [0.4, 0.5) is 5.69 Å². The largest absolute Gasteiger partial charge is 0.479 e. The zero-order chi connectivity index (χ0) is 19.0. The Labute approximate surface area is 161 Å². The lowest BCUT2D eigenvalue weighted by Gasteiger charge is -2.33. The molecule has 3 aromatic rings. The molecule has 0 saturated heterocycles. The van der Waals surface area contributed by atoms with Crippen LogP contribution in [0.25, 0.3) is 11.3 Å². The Morgan fingerprint density at radius 2 is 2.00 bits per heavy atom. The quantitative estimate of drug-likeness (QED) is 0.641. The van der Waals surface area contributed by atoms with Gasteiger partial charge in [-0.05, 0) is 32.0 Å². The monoisotopic (exact) mass is 378 g/mol. The van der Waals surface area contributed by atoms with Gasteiger partial charge in [0.25, 0.3) is 5.91 Å². The van der Waals surface area contributed by atoms with E-state index in [1.165, 1.54) is 4.90 Å². The second-order valence-electron chi connectivity index (χ2n) is 6.41. The Hall–Kier alpha value is -2.99. The predicted octanol–water partition coefficient (Wildman–Crippen LogP) is 4.12. The van der Waals surface area contributed by atoms with E-state index in [1.54, 1.807) is 30.4 Å². The van der Waals surface area contributed by atoms with Crippen LogP contribution in [-0.4, -0.2) is 29.3 Å². The summed E-state index contributed by atoms with van der Waals surface area (Å²) in [5, 5.41) is 2.95. The van der Waals surface area contributed by atoms with Gasteiger partial charge in [0.2, 0.25) is 0 Å². The van der Waals surface area contributed by atoms with Gasteiger partial charge >= 0.3 is 0 Å². The van der Waals surface area contributed by atoms with E-state index in [0.717, 1.165) is 16.3 Å². The van der Waals surface area contributed by atoms with Crippen molar-refractivity contribution < 1.29 is 14.3 Å². The number of aryl methyl sites for hydroxylation is 1. The maximum absolute atomic E-state index is 12.7. The standard InChI is InChI=1S/C21H18N2O3S/c1-13-21(25)23(11-19(24)15-6-4-3-5-7-15)18-10-16(8-9-20(18)26-13)17-12-27-14(2)22-17/h3-10,12-13H,11H2,1-2H3. The summed E-state index contributed by atoms with van der Waals surface area (Å²) in [4.78, 5) is 31.4. The SMILES string of the molecule is Cc1nc(-c2ccc3c(c2)N(CC(=O)c2ccccc2)C(=O)C(C)O3)cs1. The van der Waals surface area contributed by atoms with Crippen LogP contribution in [0.1, 0.15) is 22.3 Å². The first-order valence-corrected chi connectivity index (χ1v) is 9.54. The molecule has 0 bridgehead atoms. The third-order valence-corrected chi connectivity index (χ3v) is 5.25. The zero-order valence-corrected chi connectivity index (χ0v) is 15.8. The van der Waals surface area contributed by atoms with Gasteiger partial charge < -0.3 is 4.74 Å². The number of Topliss-reactive ketones (excluding diaryl/α,β-unsaturated/α-hetero) is 1. The molecule has 1 unspecified atom stereocenters. The molecule has 0 fully saturated rings. The number of fused-ring (bicyclic) bond motifs is 1. The molecule has 0 N–H and O–H groups in total. The summed E-state index contributed by atoms with van der Waals surface area (Å²) >= 11 is 1.57. The maximum Gasteiger partial charge on any atom is 0.268 e. The van der Waals surface area contributed by atoms with E-state index < -0.39 is 6.10 Å². The fourth-order valence-electron chi connectivity index (χ4n) is 3.08. The summed E-state index contributed by atoms with van der Waals surface area (Å²) < 4.78 is 5.74. The number of hydrogen-bond donors (Lipinski definition) is 0. The number of nitrogens with zero attached hydrogens (tertiary/aromatic N) is 2. The fourth-order valence-corrected chi connectivity index (χ4v) is 3.71. The molecule has 1 amide bonds. The molecule has 27 heavy (non-hydrogen) atoms. The van der Waals surface area contributed by atoms with E-state index in [9.17, 15) is 9.59 Å². The van der Waals surface area contributed by atoms with Gasteiger partial charge in [0.15, 0.2) is 11.9 Å². The number of carbonyl (C=O) groups excluding carboxylic acids is 2. The summed E-state index contributed by atoms with van der Waals surface area (Å²) in [5.74, 6) is 0.260. The van der Waals surface area contributed by atoms with Crippen molar-refractivity contribution in [3.05, 3.63) is 64.5 Å². The Kier molecular flexibility index (Phi) is 4.49. The first kappa shape index (κ1) is 17.4. The molecule has 1 atom stereocenters. The predicted molar refractivity (Wildman–Crippen MR) is 106 cm³/mol. The van der Waals surface area contributed by atoms with Gasteiger partial charge in [-0.25, -0.2) is 4.98 Å². The van der Waals surface area contributed by atoms with Crippen LogP contribution in [0.2, 0.25) is 0 Å². The number of aromatic nitrogens is 1. The lowest BCUT2D eigenvalue weighted by atomic mass is 10.1. The van der Waals surface area contributed by atoms with Crippen molar-refractivity contribution in [1.82, 2.24) is 4.98 Å². The summed E-state index contributed by atoms with van der Waals surface area (Å²) in [6.45, 7) is 3.62. The van der Waals surface area contributed by atoms with E-state index in [-0.39, 0.29) is 18.2 Å². The lowest BCUT2D eigenvalue weighted by Crippen LogP contribution is -2.46. The smallest absolute Gasteiger partial charge is 0.268 e. The number of ether oxygens (including phenoxy) is 1. The number of amides is 1. The maximum atomic E-state index is 12.7. The van der Waals surface area contributed by atoms with Crippen molar-refractivity contribution in [3.63, 3.8) is 0 Å². The van der Waals surface area contributed by atoms with Crippen LogP contribution in [0.3, 0.4) is 0 Å². The minimum atomic E-state index is -0.631. The second kappa shape index (κ2) is 6.96. The molecule has 0 spiro atoms. The molecule has 1 aliphatic heterocycles. The lowest BCUT2D eigenvalue weighted by molar-refractivity contribution is -0.125. The van der Waals surface area contributed by atoms with Crippen molar-refractivity contribution >= 4 is 28.7 Å². The van der Waals surface area contributed by atoms with Crippen LogP contribution < -0.4 is 9.64 Å². The molecular weight excluding hydrogens is 360 g/mol. The van der Waals surface area contributed by atoms with E-state index in [1.807, 2.05) is 48.7 Å². The minimum Gasteiger partial charge on any atom is -0.479 e. The second-order valence-corrected chi connectivity index (χ2v) is 7.47. The van der Waals surface area contributed by atoms with E-state index in [4.69, 9.17) is 4.74 Å². The Balaban J connectivity index is 1.71. The molecule has 1 aliphatic rings. The number of thiazole rings is 1. The number of ketones is 1. The van der Waals surface area contributed by atoms with Gasteiger partial charge in [0.05, 0.1) is 22.9 Å². The fraction of sp³-hybridized carbons (Fsp3) is 0.190. The van der Waals surface area contributed by atoms with Crippen molar-refractivity contribution in [2.24, 2.45) is 0 Å². The van der Waals surface area contributed by atoms with Gasteiger partial charge in [-0.3, -0.25) is 14.5 Å². The van der Waals surface area contributed by atoms with Gasteiger partial charge in [-0.2, -0.15) is 0 Å². The first-order chi connectivity index (χ1) is 13.0. The van der Waals surface area contributed by atoms with Crippen molar-refractivity contribution in [1.29, 1.82) is 0 Å². The van der Waals surface area contributed by atoms with Crippen LogP contribution in [-0.2, 0) is 4.79 Å². The molecule has 136 valence electrons. The molecule has 0 saturated carbocycles. The molecule has 0 radical (unpaired) electrons. The van der Waals surface area contributed by atoms with Gasteiger partial charge in [-0.1, -0.05) is 30.3 Å². The average molecular weight is 378 g/mol. The van der Waals surface area contributed by atoms with Crippen LogP contribution >= 0.6 is 11.3 Å². The topological polar surface area (TPSA) is 59.5 Å². The third kappa shape index (κ3) is 3.36. The number of anilines is 1. The number of benzene rings is 2. The highest BCUT2D eigenvalue weighted by Crippen LogP contribution is 2.37. The first-order valence-electron chi connectivity index (χ1n) is 8.66. The highest BCUT2D eigenvalue weighted by molar-refractivity contribution is 7.09. The van der Waals surface area contributed by atoms with E-state index in [0.29, 0.717) is 17.0 Å². The highest BCUT2D eigenvalue weighted by Gasteiger charge is 2.33. The number of hydrogen-bond acceptors (Lipinski definition) is 5. The molecule has 4 rings (SSSR count). The van der Waals surface area contributed by atoms with Crippen LogP contribution in [0.15, 0.2) is 53.9 Å². The van der Waals surface area contributed by atoms with Crippen molar-refractivity contribution in [2.45, 2.75) is 20.0 Å². The van der Waals surface area contributed by atoms with E-state index in [2.05, 4.69) is 4.98 Å². The van der Waals surface area contributed by atoms with Crippen LogP contribution in [0, 0.1) is 6.92 Å². The molecule has 1 aromatic heterocycles. The third-order valence-electron chi connectivity index (χ3n) is 4.48. The van der Waals surface area contributed by atoms with Crippen molar-refractivity contribution in [3.8, 4) is 17.0 Å². The Morgan fingerprint density at radius 1 is 1.22 bits per heavy atom. The summed E-state index contributed by atoms with van der Waals surface area (Å²) in [7, 11) is 0. The molecule has 6 heteroatoms. The molecule has 5 nitrogen and oxygen atoms in total.